The third-order valence-corrected chi connectivity index (χ3v) is 5.48. The molecular weight excluding hydrogens is 324 g/mol. The third kappa shape index (κ3) is 4.76. The van der Waals surface area contributed by atoms with E-state index >= 15 is 0 Å². The second-order valence-corrected chi connectivity index (χ2v) is 7.77. The normalized spacial score (nSPS) is 18.0. The standard InChI is InChI=1S/C21H30N4O/c1-17(2)23-12-14-24(15-13-23)20-8-6-19(7-9-20)21(26)25(11-3-10-22)16-18-4-5-18/h6-9,17-18H,3-5,11-16H2,1-2H3. The number of hydrogen-bond acceptors (Lipinski definition) is 4. The predicted octanol–water partition coefficient (Wildman–Crippen LogP) is 2.98. The fourth-order valence-corrected chi connectivity index (χ4v) is 3.57. The fraction of sp³-hybridized carbons (Fsp3) is 0.619. The van der Waals surface area contributed by atoms with Crippen molar-refractivity contribution in [3.63, 3.8) is 0 Å². The molecule has 0 atom stereocenters. The minimum absolute atomic E-state index is 0.0586. The molecule has 140 valence electrons. The van der Waals surface area contributed by atoms with Crippen LogP contribution in [0.4, 0.5) is 5.69 Å². The molecule has 1 aromatic rings. The number of benzene rings is 1. The first-order valence-corrected chi connectivity index (χ1v) is 9.83. The van der Waals surface area contributed by atoms with Gasteiger partial charge in [-0.2, -0.15) is 5.26 Å². The van der Waals surface area contributed by atoms with Gasteiger partial charge in [0, 0.05) is 56.6 Å². The van der Waals surface area contributed by atoms with Crippen molar-refractivity contribution in [2.75, 3.05) is 44.2 Å². The SMILES string of the molecule is CC(C)N1CCN(c2ccc(C(=O)N(CCC#N)CC3CC3)cc2)CC1. The van der Waals surface area contributed by atoms with E-state index in [2.05, 4.69) is 41.8 Å². The molecule has 1 amide bonds. The average molecular weight is 354 g/mol. The number of hydrogen-bond donors (Lipinski definition) is 0. The molecule has 0 N–H and O–H groups in total. The van der Waals surface area contributed by atoms with Crippen molar-refractivity contribution in [2.24, 2.45) is 5.92 Å². The number of amides is 1. The Kier molecular flexibility index (Phi) is 6.16. The van der Waals surface area contributed by atoms with Gasteiger partial charge in [0.2, 0.25) is 0 Å². The van der Waals surface area contributed by atoms with E-state index in [9.17, 15) is 4.79 Å². The lowest BCUT2D eigenvalue weighted by atomic mass is 10.1. The zero-order valence-corrected chi connectivity index (χ0v) is 16.0. The summed E-state index contributed by atoms with van der Waals surface area (Å²) >= 11 is 0. The molecule has 0 bridgehead atoms. The zero-order valence-electron chi connectivity index (χ0n) is 16.0. The molecule has 1 aliphatic carbocycles. The highest BCUT2D eigenvalue weighted by atomic mass is 16.2. The maximum absolute atomic E-state index is 12.8. The maximum atomic E-state index is 12.8. The zero-order chi connectivity index (χ0) is 18.5. The lowest BCUT2D eigenvalue weighted by molar-refractivity contribution is 0.0751. The quantitative estimate of drug-likeness (QED) is 0.755. The Morgan fingerprint density at radius 3 is 2.38 bits per heavy atom. The molecule has 2 aliphatic rings. The number of piperazine rings is 1. The van der Waals surface area contributed by atoms with Crippen molar-refractivity contribution in [1.82, 2.24) is 9.80 Å². The van der Waals surface area contributed by atoms with Crippen molar-refractivity contribution in [3.8, 4) is 6.07 Å². The van der Waals surface area contributed by atoms with Crippen LogP contribution in [-0.2, 0) is 0 Å². The van der Waals surface area contributed by atoms with Gasteiger partial charge in [-0.15, -0.1) is 0 Å². The van der Waals surface area contributed by atoms with E-state index in [0.29, 0.717) is 24.9 Å². The highest BCUT2D eigenvalue weighted by Gasteiger charge is 2.27. The van der Waals surface area contributed by atoms with Crippen molar-refractivity contribution >= 4 is 11.6 Å². The second-order valence-electron chi connectivity index (χ2n) is 7.77. The van der Waals surface area contributed by atoms with Gasteiger partial charge in [-0.1, -0.05) is 0 Å². The number of carbonyl (C=O) groups excluding carboxylic acids is 1. The molecule has 0 radical (unpaired) electrons. The third-order valence-electron chi connectivity index (χ3n) is 5.48. The van der Waals surface area contributed by atoms with Gasteiger partial charge in [-0.05, 0) is 56.9 Å². The van der Waals surface area contributed by atoms with Crippen LogP contribution in [0, 0.1) is 17.2 Å². The number of rotatable bonds is 7. The Morgan fingerprint density at radius 1 is 1.19 bits per heavy atom. The predicted molar refractivity (Wildman–Crippen MR) is 104 cm³/mol. The Bertz CT molecular complexity index is 637. The lowest BCUT2D eigenvalue weighted by Gasteiger charge is -2.38. The van der Waals surface area contributed by atoms with E-state index in [1.807, 2.05) is 17.0 Å². The number of nitrogens with zero attached hydrogens (tertiary/aromatic N) is 4. The molecule has 0 aromatic heterocycles. The Labute approximate surface area is 157 Å². The maximum Gasteiger partial charge on any atom is 0.253 e. The van der Waals surface area contributed by atoms with E-state index in [1.54, 1.807) is 0 Å². The molecule has 1 saturated heterocycles. The summed E-state index contributed by atoms with van der Waals surface area (Å²) in [5.74, 6) is 0.692. The first-order valence-electron chi connectivity index (χ1n) is 9.83. The largest absolute Gasteiger partial charge is 0.369 e. The lowest BCUT2D eigenvalue weighted by Crippen LogP contribution is -2.48. The van der Waals surface area contributed by atoms with Crippen molar-refractivity contribution in [3.05, 3.63) is 29.8 Å². The van der Waals surface area contributed by atoms with E-state index in [4.69, 9.17) is 5.26 Å². The molecule has 5 nitrogen and oxygen atoms in total. The van der Waals surface area contributed by atoms with Crippen LogP contribution in [0.2, 0.25) is 0 Å². The highest BCUT2D eigenvalue weighted by molar-refractivity contribution is 5.94. The summed E-state index contributed by atoms with van der Waals surface area (Å²) in [5, 5.41) is 8.85. The molecule has 3 rings (SSSR count). The summed E-state index contributed by atoms with van der Waals surface area (Å²) in [5.41, 5.74) is 1.92. The molecule has 1 heterocycles. The van der Waals surface area contributed by atoms with E-state index in [-0.39, 0.29) is 5.91 Å². The summed E-state index contributed by atoms with van der Waals surface area (Å²) in [6.45, 7) is 10.0. The molecular formula is C21H30N4O. The summed E-state index contributed by atoms with van der Waals surface area (Å²) in [7, 11) is 0. The van der Waals surface area contributed by atoms with Crippen LogP contribution in [0.1, 0.15) is 43.5 Å². The van der Waals surface area contributed by atoms with Crippen LogP contribution in [-0.4, -0.2) is 61.0 Å². The van der Waals surface area contributed by atoms with Gasteiger partial charge in [0.1, 0.15) is 0 Å². The Balaban J connectivity index is 1.61. The Morgan fingerprint density at radius 2 is 1.85 bits per heavy atom. The van der Waals surface area contributed by atoms with Crippen LogP contribution < -0.4 is 4.90 Å². The van der Waals surface area contributed by atoms with Gasteiger partial charge in [-0.25, -0.2) is 0 Å². The first kappa shape index (κ1) is 18.7. The van der Waals surface area contributed by atoms with Crippen molar-refractivity contribution in [2.45, 2.75) is 39.2 Å². The van der Waals surface area contributed by atoms with Gasteiger partial charge in [-0.3, -0.25) is 9.69 Å². The van der Waals surface area contributed by atoms with Gasteiger partial charge < -0.3 is 9.80 Å². The number of nitriles is 1. The van der Waals surface area contributed by atoms with E-state index in [1.165, 1.54) is 18.5 Å². The molecule has 2 fully saturated rings. The molecule has 1 aliphatic heterocycles. The summed E-state index contributed by atoms with van der Waals surface area (Å²) in [4.78, 5) is 19.6. The van der Waals surface area contributed by atoms with Crippen LogP contribution in [0.5, 0.6) is 0 Å². The van der Waals surface area contributed by atoms with E-state index in [0.717, 1.165) is 38.3 Å². The minimum Gasteiger partial charge on any atom is -0.369 e. The van der Waals surface area contributed by atoms with Crippen LogP contribution in [0.3, 0.4) is 0 Å². The van der Waals surface area contributed by atoms with Gasteiger partial charge >= 0.3 is 0 Å². The molecule has 26 heavy (non-hydrogen) atoms. The fourth-order valence-electron chi connectivity index (χ4n) is 3.57. The minimum atomic E-state index is 0.0586. The number of carbonyl (C=O) groups is 1. The first-order chi connectivity index (χ1) is 12.6. The van der Waals surface area contributed by atoms with Crippen LogP contribution >= 0.6 is 0 Å². The molecule has 1 saturated carbocycles. The highest BCUT2D eigenvalue weighted by Crippen LogP contribution is 2.30. The van der Waals surface area contributed by atoms with E-state index < -0.39 is 0 Å². The average Bonchev–Trinajstić information content (AvgIpc) is 3.49. The van der Waals surface area contributed by atoms with Crippen molar-refractivity contribution < 1.29 is 4.79 Å². The van der Waals surface area contributed by atoms with Gasteiger partial charge in [0.05, 0.1) is 12.5 Å². The van der Waals surface area contributed by atoms with Crippen LogP contribution in [0.15, 0.2) is 24.3 Å². The van der Waals surface area contributed by atoms with Gasteiger partial charge in [0.25, 0.3) is 5.91 Å². The number of anilines is 1. The molecule has 5 heteroatoms. The molecule has 0 spiro atoms. The summed E-state index contributed by atoms with van der Waals surface area (Å²) < 4.78 is 0. The van der Waals surface area contributed by atoms with Crippen molar-refractivity contribution in [1.29, 1.82) is 5.26 Å². The molecule has 0 unspecified atom stereocenters. The second kappa shape index (κ2) is 8.55. The van der Waals surface area contributed by atoms with Gasteiger partial charge in [0.15, 0.2) is 0 Å². The topological polar surface area (TPSA) is 50.6 Å². The monoisotopic (exact) mass is 354 g/mol. The smallest absolute Gasteiger partial charge is 0.253 e. The molecule has 1 aromatic carbocycles. The Hall–Kier alpha value is -2.06. The summed E-state index contributed by atoms with van der Waals surface area (Å²) in [6.07, 6.45) is 2.81. The van der Waals surface area contributed by atoms with Crippen LogP contribution in [0.25, 0.3) is 0 Å². The summed E-state index contributed by atoms with van der Waals surface area (Å²) in [6, 6.07) is 10.8.